The predicted octanol–water partition coefficient (Wildman–Crippen LogP) is 5.12. The molecule has 1 heterocycles. The molecular formula is C26H28ClN3O5S2. The zero-order valence-electron chi connectivity index (χ0n) is 20.4. The van der Waals surface area contributed by atoms with Crippen LogP contribution in [0.15, 0.2) is 76.5 Å². The van der Waals surface area contributed by atoms with Crippen molar-refractivity contribution in [1.82, 2.24) is 4.31 Å². The van der Waals surface area contributed by atoms with E-state index < -0.39 is 26.0 Å². The Labute approximate surface area is 222 Å². The van der Waals surface area contributed by atoms with Crippen LogP contribution in [0.3, 0.4) is 0 Å². The maximum absolute atomic E-state index is 13.1. The van der Waals surface area contributed by atoms with Crippen molar-refractivity contribution in [3.8, 4) is 0 Å². The smallest absolute Gasteiger partial charge is 0.261 e. The topological polar surface area (TPSA) is 113 Å². The molecule has 1 saturated heterocycles. The van der Waals surface area contributed by atoms with E-state index in [2.05, 4.69) is 17.0 Å². The molecule has 1 aliphatic rings. The number of rotatable bonds is 7. The molecule has 0 atom stereocenters. The van der Waals surface area contributed by atoms with E-state index in [-0.39, 0.29) is 15.4 Å². The van der Waals surface area contributed by atoms with Gasteiger partial charge in [-0.25, -0.2) is 16.8 Å². The van der Waals surface area contributed by atoms with Gasteiger partial charge in [-0.2, -0.15) is 4.31 Å². The molecule has 3 aromatic rings. The second-order valence-corrected chi connectivity index (χ2v) is 13.2. The number of nitrogens with one attached hydrogen (secondary N) is 2. The maximum atomic E-state index is 13.1. The van der Waals surface area contributed by atoms with Crippen LogP contribution in [0, 0.1) is 12.8 Å². The zero-order valence-corrected chi connectivity index (χ0v) is 22.8. The van der Waals surface area contributed by atoms with Gasteiger partial charge in [-0.05, 0) is 85.8 Å². The van der Waals surface area contributed by atoms with Crippen LogP contribution in [0.25, 0.3) is 0 Å². The second-order valence-electron chi connectivity index (χ2n) is 9.16. The number of sulfonamides is 2. The number of carbonyl (C=O) groups is 1. The first-order chi connectivity index (χ1) is 17.5. The first-order valence-electron chi connectivity index (χ1n) is 11.8. The van der Waals surface area contributed by atoms with Crippen LogP contribution < -0.4 is 10.0 Å². The van der Waals surface area contributed by atoms with Gasteiger partial charge in [0, 0.05) is 29.4 Å². The Morgan fingerprint density at radius 1 is 0.892 bits per heavy atom. The van der Waals surface area contributed by atoms with E-state index in [1.165, 1.54) is 46.8 Å². The van der Waals surface area contributed by atoms with Gasteiger partial charge >= 0.3 is 0 Å². The number of anilines is 2. The third-order valence-electron chi connectivity index (χ3n) is 6.33. The highest BCUT2D eigenvalue weighted by Gasteiger charge is 2.29. The summed E-state index contributed by atoms with van der Waals surface area (Å²) in [6.45, 7) is 4.75. The summed E-state index contributed by atoms with van der Waals surface area (Å²) in [5.74, 6) is -0.00530. The highest BCUT2D eigenvalue weighted by molar-refractivity contribution is 7.92. The van der Waals surface area contributed by atoms with Crippen LogP contribution in [0.5, 0.6) is 0 Å². The molecule has 0 saturated carbocycles. The van der Waals surface area contributed by atoms with Crippen molar-refractivity contribution in [2.45, 2.75) is 36.5 Å². The maximum Gasteiger partial charge on any atom is 0.261 e. The molecule has 1 aliphatic heterocycles. The summed E-state index contributed by atoms with van der Waals surface area (Å²) in [5, 5.41) is 3.12. The Bertz CT molecular complexity index is 1520. The first kappa shape index (κ1) is 27.1. The van der Waals surface area contributed by atoms with Crippen LogP contribution in [-0.4, -0.2) is 40.1 Å². The molecule has 0 bridgehead atoms. The molecule has 0 unspecified atom stereocenters. The number of amides is 1. The van der Waals surface area contributed by atoms with E-state index in [1.807, 2.05) is 0 Å². The molecular weight excluding hydrogens is 534 g/mol. The third-order valence-corrected chi connectivity index (χ3v) is 9.86. The SMILES string of the molecule is Cc1ccc(S(=O)(=O)N2CCC(C)CC2)cc1C(=O)Nc1ccc(S(=O)(=O)Nc2cccc(Cl)c2)cc1. The van der Waals surface area contributed by atoms with Crippen LogP contribution in [-0.2, 0) is 20.0 Å². The Hall–Kier alpha value is -2.92. The van der Waals surface area contributed by atoms with Crippen molar-refractivity contribution < 1.29 is 21.6 Å². The molecule has 2 N–H and O–H groups in total. The number of piperidine rings is 1. The van der Waals surface area contributed by atoms with E-state index >= 15 is 0 Å². The van der Waals surface area contributed by atoms with Gasteiger partial charge in [0.2, 0.25) is 10.0 Å². The Balaban J connectivity index is 1.49. The molecule has 37 heavy (non-hydrogen) atoms. The minimum atomic E-state index is -3.86. The van der Waals surface area contributed by atoms with Crippen molar-refractivity contribution >= 4 is 48.9 Å². The van der Waals surface area contributed by atoms with Gasteiger partial charge in [-0.3, -0.25) is 9.52 Å². The van der Waals surface area contributed by atoms with Crippen LogP contribution in [0.2, 0.25) is 5.02 Å². The summed E-state index contributed by atoms with van der Waals surface area (Å²) < 4.78 is 55.6. The highest BCUT2D eigenvalue weighted by atomic mass is 35.5. The Kier molecular flexibility index (Phi) is 7.94. The molecule has 1 fully saturated rings. The molecule has 196 valence electrons. The van der Waals surface area contributed by atoms with E-state index in [1.54, 1.807) is 31.2 Å². The van der Waals surface area contributed by atoms with Gasteiger partial charge in [-0.1, -0.05) is 30.7 Å². The van der Waals surface area contributed by atoms with Crippen molar-refractivity contribution in [2.75, 3.05) is 23.1 Å². The summed E-state index contributed by atoms with van der Waals surface area (Å²) in [7, 11) is -7.57. The number of hydrogen-bond donors (Lipinski definition) is 2. The number of carbonyl (C=O) groups excluding carboxylic acids is 1. The number of hydrogen-bond acceptors (Lipinski definition) is 5. The molecule has 0 aliphatic carbocycles. The Morgan fingerprint density at radius 2 is 1.54 bits per heavy atom. The standard InChI is InChI=1S/C26H28ClN3O5S2/c1-18-12-14-30(15-13-18)37(34,35)24-9-6-19(2)25(17-24)26(31)28-21-7-10-23(11-8-21)36(32,33)29-22-5-3-4-20(27)16-22/h3-11,16-18,29H,12-15H2,1-2H3,(H,28,31). The van der Waals surface area contributed by atoms with Crippen molar-refractivity contribution in [3.63, 3.8) is 0 Å². The molecule has 4 rings (SSSR count). The fraction of sp³-hybridized carbons (Fsp3) is 0.269. The monoisotopic (exact) mass is 561 g/mol. The number of halogens is 1. The normalized spacial score (nSPS) is 15.3. The van der Waals surface area contributed by atoms with E-state index in [0.717, 1.165) is 12.8 Å². The van der Waals surface area contributed by atoms with Gasteiger partial charge < -0.3 is 5.32 Å². The Morgan fingerprint density at radius 3 is 2.19 bits per heavy atom. The average Bonchev–Trinajstić information content (AvgIpc) is 2.84. The summed E-state index contributed by atoms with van der Waals surface area (Å²) in [6, 6.07) is 16.6. The molecule has 0 aromatic heterocycles. The lowest BCUT2D eigenvalue weighted by Gasteiger charge is -2.29. The lowest BCUT2D eigenvalue weighted by Crippen LogP contribution is -2.38. The second kappa shape index (κ2) is 10.8. The first-order valence-corrected chi connectivity index (χ1v) is 15.1. The number of aryl methyl sites for hydroxylation is 1. The zero-order chi connectivity index (χ0) is 26.8. The van der Waals surface area contributed by atoms with E-state index in [0.29, 0.717) is 41.0 Å². The summed E-state index contributed by atoms with van der Waals surface area (Å²) in [5.41, 5.74) is 1.54. The number of benzene rings is 3. The van der Waals surface area contributed by atoms with E-state index in [4.69, 9.17) is 11.6 Å². The summed E-state index contributed by atoms with van der Waals surface area (Å²) in [4.78, 5) is 13.1. The van der Waals surface area contributed by atoms with Gasteiger partial charge in [0.05, 0.1) is 15.5 Å². The van der Waals surface area contributed by atoms with Crippen molar-refractivity contribution in [3.05, 3.63) is 82.9 Å². The van der Waals surface area contributed by atoms with Crippen LogP contribution >= 0.6 is 11.6 Å². The van der Waals surface area contributed by atoms with Crippen molar-refractivity contribution in [1.29, 1.82) is 0 Å². The number of nitrogens with zero attached hydrogens (tertiary/aromatic N) is 1. The quantitative estimate of drug-likeness (QED) is 0.415. The lowest BCUT2D eigenvalue weighted by atomic mass is 10.0. The third kappa shape index (κ3) is 6.32. The fourth-order valence-electron chi connectivity index (χ4n) is 4.06. The van der Waals surface area contributed by atoms with Crippen LogP contribution in [0.4, 0.5) is 11.4 Å². The minimum Gasteiger partial charge on any atom is -0.322 e. The van der Waals surface area contributed by atoms with Gasteiger partial charge in [-0.15, -0.1) is 0 Å². The molecule has 11 heteroatoms. The molecule has 1 amide bonds. The van der Waals surface area contributed by atoms with Gasteiger partial charge in [0.25, 0.3) is 15.9 Å². The van der Waals surface area contributed by atoms with Crippen LogP contribution in [0.1, 0.15) is 35.7 Å². The molecule has 0 spiro atoms. The molecule has 3 aromatic carbocycles. The largest absolute Gasteiger partial charge is 0.322 e. The highest BCUT2D eigenvalue weighted by Crippen LogP contribution is 2.26. The van der Waals surface area contributed by atoms with Crippen molar-refractivity contribution in [2.24, 2.45) is 5.92 Å². The van der Waals surface area contributed by atoms with Gasteiger partial charge in [0.1, 0.15) is 0 Å². The minimum absolute atomic E-state index is 0.00518. The predicted molar refractivity (Wildman–Crippen MR) is 145 cm³/mol. The summed E-state index contributed by atoms with van der Waals surface area (Å²) >= 11 is 5.92. The van der Waals surface area contributed by atoms with Gasteiger partial charge in [0.15, 0.2) is 0 Å². The fourth-order valence-corrected chi connectivity index (χ4v) is 6.80. The molecule has 8 nitrogen and oxygen atoms in total. The summed E-state index contributed by atoms with van der Waals surface area (Å²) in [6.07, 6.45) is 1.61. The lowest BCUT2D eigenvalue weighted by molar-refractivity contribution is 0.102. The van der Waals surface area contributed by atoms with E-state index in [9.17, 15) is 21.6 Å². The molecule has 0 radical (unpaired) electrons. The average molecular weight is 562 g/mol.